The quantitative estimate of drug-likeness (QED) is 0.466. The fourth-order valence-electron chi connectivity index (χ4n) is 4.50. The largest absolute Gasteiger partial charge is 0.363 e. The first-order chi connectivity index (χ1) is 15.7. The summed E-state index contributed by atoms with van der Waals surface area (Å²) in [5.41, 5.74) is 2.81. The Hall–Kier alpha value is -3.68. The monoisotopic (exact) mass is 429 g/mol. The average molecular weight is 430 g/mol. The molecule has 1 aliphatic rings. The molecule has 4 heterocycles. The van der Waals surface area contributed by atoms with E-state index < -0.39 is 0 Å². The summed E-state index contributed by atoms with van der Waals surface area (Å²) < 4.78 is 1.79. The van der Waals surface area contributed by atoms with E-state index in [0.717, 1.165) is 59.9 Å². The van der Waals surface area contributed by atoms with Gasteiger partial charge < -0.3 is 15.2 Å². The van der Waals surface area contributed by atoms with Gasteiger partial charge in [0.2, 0.25) is 0 Å². The summed E-state index contributed by atoms with van der Waals surface area (Å²) in [6.07, 6.45) is 6.18. The zero-order valence-corrected chi connectivity index (χ0v) is 18.2. The summed E-state index contributed by atoms with van der Waals surface area (Å²) in [5.74, 6) is 2.34. The molecule has 1 aliphatic heterocycles. The number of aryl methyl sites for hydroxylation is 1. The molecule has 4 aromatic rings. The van der Waals surface area contributed by atoms with Crippen LogP contribution >= 0.6 is 0 Å². The number of H-pyrrole nitrogens is 1. The highest BCUT2D eigenvalue weighted by Gasteiger charge is 2.24. The lowest BCUT2D eigenvalue weighted by atomic mass is 9.92. The average Bonchev–Trinajstić information content (AvgIpc) is 3.45. The number of anilines is 2. The van der Waals surface area contributed by atoms with E-state index in [0.29, 0.717) is 18.9 Å². The molecule has 3 aromatic heterocycles. The van der Waals surface area contributed by atoms with Crippen molar-refractivity contribution in [2.24, 2.45) is 13.0 Å². The zero-order chi connectivity index (χ0) is 21.9. The van der Waals surface area contributed by atoms with Crippen LogP contribution in [0.3, 0.4) is 0 Å². The number of rotatable bonds is 7. The van der Waals surface area contributed by atoms with Crippen LogP contribution in [-0.2, 0) is 11.8 Å². The Balaban J connectivity index is 1.19. The minimum absolute atomic E-state index is 0.216. The molecule has 1 aromatic carbocycles. The van der Waals surface area contributed by atoms with Gasteiger partial charge >= 0.3 is 0 Å². The highest BCUT2D eigenvalue weighted by atomic mass is 16.1. The molecule has 8 heteroatoms. The predicted octanol–water partition coefficient (Wildman–Crippen LogP) is 3.65. The summed E-state index contributed by atoms with van der Waals surface area (Å²) in [6.45, 7) is 2.10. The van der Waals surface area contributed by atoms with Crippen molar-refractivity contribution in [3.05, 3.63) is 55.0 Å². The zero-order valence-electron chi connectivity index (χ0n) is 18.2. The summed E-state index contributed by atoms with van der Waals surface area (Å²) in [6, 6.07) is 14.1. The molecule has 0 saturated carbocycles. The van der Waals surface area contributed by atoms with E-state index in [1.165, 1.54) is 0 Å². The van der Waals surface area contributed by atoms with E-state index in [2.05, 4.69) is 30.3 Å². The van der Waals surface area contributed by atoms with E-state index in [9.17, 15) is 4.79 Å². The number of piperidine rings is 1. The molecule has 0 radical (unpaired) electrons. The molecule has 1 fully saturated rings. The van der Waals surface area contributed by atoms with Crippen molar-refractivity contribution in [3.63, 3.8) is 0 Å². The van der Waals surface area contributed by atoms with Gasteiger partial charge in [-0.15, -0.1) is 0 Å². The van der Waals surface area contributed by atoms with Crippen LogP contribution in [0, 0.1) is 5.92 Å². The summed E-state index contributed by atoms with van der Waals surface area (Å²) in [4.78, 5) is 27.0. The lowest BCUT2D eigenvalue weighted by molar-refractivity contribution is -0.118. The van der Waals surface area contributed by atoms with E-state index in [4.69, 9.17) is 0 Å². The maximum atomic E-state index is 12.7. The normalized spacial score (nSPS) is 16.4. The molecular weight excluding hydrogens is 402 g/mol. The van der Waals surface area contributed by atoms with Crippen LogP contribution in [0.25, 0.3) is 22.3 Å². The molecule has 1 unspecified atom stereocenters. The molecule has 2 N–H and O–H groups in total. The molecule has 1 saturated heterocycles. The number of carbonyl (C=O) groups is 1. The van der Waals surface area contributed by atoms with Crippen LogP contribution in [0.5, 0.6) is 0 Å². The van der Waals surface area contributed by atoms with Gasteiger partial charge in [0.25, 0.3) is 0 Å². The Morgan fingerprint density at radius 1 is 1.22 bits per heavy atom. The maximum absolute atomic E-state index is 12.7. The number of Topliss-reactive ketones (excluding diaryl/α,β-unsaturated/α-hetero) is 1. The fraction of sp³-hybridized carbons (Fsp3) is 0.333. The van der Waals surface area contributed by atoms with Crippen molar-refractivity contribution in [3.8, 4) is 11.3 Å². The molecule has 164 valence electrons. The minimum Gasteiger partial charge on any atom is -0.363 e. The van der Waals surface area contributed by atoms with Gasteiger partial charge in [-0.25, -0.2) is 9.97 Å². The smallest absolute Gasteiger partial charge is 0.152 e. The van der Waals surface area contributed by atoms with Crippen LogP contribution in [0.4, 0.5) is 11.6 Å². The first-order valence-corrected chi connectivity index (χ1v) is 11.1. The van der Waals surface area contributed by atoms with Crippen molar-refractivity contribution in [2.45, 2.75) is 19.3 Å². The molecule has 0 aliphatic carbocycles. The molecule has 1 atom stereocenters. The van der Waals surface area contributed by atoms with Crippen molar-refractivity contribution in [1.82, 2.24) is 24.7 Å². The number of aromatic nitrogens is 5. The maximum Gasteiger partial charge on any atom is 0.152 e. The molecule has 0 amide bonds. The number of aromatic amines is 1. The van der Waals surface area contributed by atoms with Crippen LogP contribution in [0.2, 0.25) is 0 Å². The first-order valence-electron chi connectivity index (χ1n) is 11.1. The van der Waals surface area contributed by atoms with E-state index >= 15 is 0 Å². The second-order valence-electron chi connectivity index (χ2n) is 8.39. The second-order valence-corrected chi connectivity index (χ2v) is 8.39. The Kier molecular flexibility index (Phi) is 5.58. The number of fused-ring (bicyclic) bond motifs is 1. The van der Waals surface area contributed by atoms with Crippen molar-refractivity contribution >= 4 is 28.5 Å². The number of ketones is 1. The van der Waals surface area contributed by atoms with Crippen LogP contribution in [-0.4, -0.2) is 50.1 Å². The number of hydrogen-bond donors (Lipinski definition) is 2. The van der Waals surface area contributed by atoms with Gasteiger partial charge in [-0.3, -0.25) is 9.48 Å². The minimum atomic E-state index is 0.216. The first kappa shape index (κ1) is 20.2. The predicted molar refractivity (Wildman–Crippen MR) is 126 cm³/mol. The molecular formula is C24H27N7O. The SMILES string of the molecule is Cn1nc(-c2ccccc2)cc1NCC(=O)CC1CCCN(c2ncnc3[nH]ccc23)C1. The third kappa shape index (κ3) is 4.21. The van der Waals surface area contributed by atoms with Gasteiger partial charge in [-0.05, 0) is 24.8 Å². The lowest BCUT2D eigenvalue weighted by Gasteiger charge is -2.33. The standard InChI is InChI=1S/C24H27N7O/c1-30-22(13-21(29-30)18-7-3-2-4-8-18)26-14-19(32)12-17-6-5-11-31(15-17)24-20-9-10-25-23(20)27-16-28-24/h2-4,7-10,13,16-17,26H,5-6,11-12,14-15H2,1H3,(H,25,27,28). The Morgan fingerprint density at radius 3 is 2.97 bits per heavy atom. The van der Waals surface area contributed by atoms with Crippen LogP contribution < -0.4 is 10.2 Å². The molecule has 5 rings (SSSR count). The summed E-state index contributed by atoms with van der Waals surface area (Å²) >= 11 is 0. The number of nitrogens with zero attached hydrogens (tertiary/aromatic N) is 5. The molecule has 32 heavy (non-hydrogen) atoms. The van der Waals surface area contributed by atoms with Crippen LogP contribution in [0.1, 0.15) is 19.3 Å². The highest BCUT2D eigenvalue weighted by Crippen LogP contribution is 2.28. The topological polar surface area (TPSA) is 91.7 Å². The van der Waals surface area contributed by atoms with Gasteiger partial charge in [0.05, 0.1) is 17.6 Å². The van der Waals surface area contributed by atoms with E-state index in [-0.39, 0.29) is 5.78 Å². The third-order valence-corrected chi connectivity index (χ3v) is 6.08. The Morgan fingerprint density at radius 2 is 2.09 bits per heavy atom. The van der Waals surface area contributed by atoms with Crippen molar-refractivity contribution in [1.29, 1.82) is 0 Å². The summed E-state index contributed by atoms with van der Waals surface area (Å²) in [5, 5.41) is 8.86. The van der Waals surface area contributed by atoms with Crippen molar-refractivity contribution in [2.75, 3.05) is 29.9 Å². The molecule has 0 spiro atoms. The fourth-order valence-corrected chi connectivity index (χ4v) is 4.50. The van der Waals surface area contributed by atoms with Gasteiger partial charge in [-0.1, -0.05) is 30.3 Å². The van der Waals surface area contributed by atoms with E-state index in [1.807, 2.05) is 55.7 Å². The number of nitrogens with one attached hydrogen (secondary N) is 2. The number of hydrogen-bond acceptors (Lipinski definition) is 6. The van der Waals surface area contributed by atoms with Gasteiger partial charge in [0, 0.05) is 44.4 Å². The summed E-state index contributed by atoms with van der Waals surface area (Å²) in [7, 11) is 1.89. The van der Waals surface area contributed by atoms with Crippen molar-refractivity contribution < 1.29 is 4.79 Å². The molecule has 0 bridgehead atoms. The van der Waals surface area contributed by atoms with E-state index in [1.54, 1.807) is 11.0 Å². The Bertz CT molecular complexity index is 1210. The lowest BCUT2D eigenvalue weighted by Crippen LogP contribution is -2.37. The van der Waals surface area contributed by atoms with Crippen LogP contribution in [0.15, 0.2) is 55.0 Å². The van der Waals surface area contributed by atoms with Gasteiger partial charge in [0.15, 0.2) is 5.78 Å². The number of carbonyl (C=O) groups excluding carboxylic acids is 1. The molecule has 8 nitrogen and oxygen atoms in total. The highest BCUT2D eigenvalue weighted by molar-refractivity contribution is 5.87. The Labute approximate surface area is 186 Å². The third-order valence-electron chi connectivity index (χ3n) is 6.08. The number of benzene rings is 1. The second kappa shape index (κ2) is 8.82. The van der Waals surface area contributed by atoms with Gasteiger partial charge in [0.1, 0.15) is 23.6 Å². The van der Waals surface area contributed by atoms with Gasteiger partial charge in [-0.2, -0.15) is 5.10 Å².